The molecule has 2 rings (SSSR count). The van der Waals surface area contributed by atoms with Crippen LogP contribution in [0.3, 0.4) is 0 Å². The SMILES string of the molecule is CCc1c(C)sc2nc(SC)n(CCOC)c(=O)c12. The fourth-order valence-corrected chi connectivity index (χ4v) is 3.93. The van der Waals surface area contributed by atoms with E-state index in [9.17, 15) is 4.79 Å². The van der Waals surface area contributed by atoms with Crippen molar-refractivity contribution in [2.75, 3.05) is 20.0 Å². The summed E-state index contributed by atoms with van der Waals surface area (Å²) in [6, 6.07) is 0. The number of aromatic nitrogens is 2. The lowest BCUT2D eigenvalue weighted by Crippen LogP contribution is -2.25. The van der Waals surface area contributed by atoms with E-state index in [0.717, 1.165) is 27.4 Å². The van der Waals surface area contributed by atoms with Crippen molar-refractivity contribution < 1.29 is 4.74 Å². The first-order chi connectivity index (χ1) is 9.13. The lowest BCUT2D eigenvalue weighted by Gasteiger charge is -2.10. The molecule has 4 nitrogen and oxygen atoms in total. The van der Waals surface area contributed by atoms with E-state index >= 15 is 0 Å². The molecule has 0 amide bonds. The van der Waals surface area contributed by atoms with Crippen LogP contribution in [-0.2, 0) is 17.7 Å². The summed E-state index contributed by atoms with van der Waals surface area (Å²) in [6.45, 7) is 5.20. The molecule has 0 radical (unpaired) electrons. The van der Waals surface area contributed by atoms with E-state index in [2.05, 4.69) is 18.8 Å². The molecule has 0 aromatic carbocycles. The second-order valence-electron chi connectivity index (χ2n) is 4.22. The molecule has 0 spiro atoms. The molecule has 0 aliphatic heterocycles. The van der Waals surface area contributed by atoms with Crippen molar-refractivity contribution in [3.05, 3.63) is 20.8 Å². The molecule has 2 aromatic heterocycles. The van der Waals surface area contributed by atoms with Gasteiger partial charge in [0.1, 0.15) is 4.83 Å². The first-order valence-corrected chi connectivity index (χ1v) is 8.23. The standard InChI is InChI=1S/C13H18N2O2S2/c1-5-9-8(2)19-11-10(9)12(16)15(6-7-17-3)13(14-11)18-4/h5-7H2,1-4H3. The number of ether oxygens (including phenoxy) is 1. The van der Waals surface area contributed by atoms with Crippen LogP contribution in [0.4, 0.5) is 0 Å². The third-order valence-electron chi connectivity index (χ3n) is 3.13. The van der Waals surface area contributed by atoms with Crippen LogP contribution in [0, 0.1) is 6.92 Å². The lowest BCUT2D eigenvalue weighted by molar-refractivity contribution is 0.183. The molecule has 0 saturated carbocycles. The molecule has 0 aliphatic carbocycles. The van der Waals surface area contributed by atoms with Crippen molar-refractivity contribution in [1.29, 1.82) is 0 Å². The Labute approximate surface area is 120 Å². The van der Waals surface area contributed by atoms with Gasteiger partial charge in [0.2, 0.25) is 0 Å². The van der Waals surface area contributed by atoms with Gasteiger partial charge in [-0.2, -0.15) is 0 Å². The minimum atomic E-state index is 0.0626. The van der Waals surface area contributed by atoms with Crippen LogP contribution in [0.2, 0.25) is 0 Å². The second-order valence-corrected chi connectivity index (χ2v) is 6.20. The average molecular weight is 298 g/mol. The van der Waals surface area contributed by atoms with Gasteiger partial charge in [0, 0.05) is 12.0 Å². The van der Waals surface area contributed by atoms with Gasteiger partial charge < -0.3 is 4.74 Å². The highest BCUT2D eigenvalue weighted by Crippen LogP contribution is 2.28. The quantitative estimate of drug-likeness (QED) is 0.629. The minimum Gasteiger partial charge on any atom is -0.383 e. The van der Waals surface area contributed by atoms with Crippen molar-refractivity contribution in [1.82, 2.24) is 9.55 Å². The van der Waals surface area contributed by atoms with Gasteiger partial charge in [-0.05, 0) is 25.2 Å². The predicted octanol–water partition coefficient (Wildman–Crippen LogP) is 2.70. The predicted molar refractivity (Wildman–Crippen MR) is 81.7 cm³/mol. The number of thioether (sulfide) groups is 1. The summed E-state index contributed by atoms with van der Waals surface area (Å²) < 4.78 is 6.80. The molecule has 0 saturated heterocycles. The van der Waals surface area contributed by atoms with Gasteiger partial charge in [-0.25, -0.2) is 4.98 Å². The summed E-state index contributed by atoms with van der Waals surface area (Å²) in [6.07, 6.45) is 2.81. The summed E-state index contributed by atoms with van der Waals surface area (Å²) in [5.74, 6) is 0. The molecule has 2 heterocycles. The van der Waals surface area contributed by atoms with Crippen LogP contribution >= 0.6 is 23.1 Å². The van der Waals surface area contributed by atoms with Gasteiger partial charge in [0.05, 0.1) is 18.5 Å². The van der Waals surface area contributed by atoms with Gasteiger partial charge in [-0.15, -0.1) is 11.3 Å². The molecular weight excluding hydrogens is 280 g/mol. The summed E-state index contributed by atoms with van der Waals surface area (Å²) in [5, 5.41) is 1.55. The zero-order chi connectivity index (χ0) is 14.0. The topological polar surface area (TPSA) is 44.1 Å². The summed E-state index contributed by atoms with van der Waals surface area (Å²) in [4.78, 5) is 19.3. The molecule has 19 heavy (non-hydrogen) atoms. The van der Waals surface area contributed by atoms with Crippen molar-refractivity contribution in [2.45, 2.75) is 32.0 Å². The number of hydrogen-bond donors (Lipinski definition) is 0. The Bertz CT molecular complexity index is 646. The summed E-state index contributed by atoms with van der Waals surface area (Å²) >= 11 is 3.11. The number of rotatable bonds is 5. The molecule has 0 N–H and O–H groups in total. The highest BCUT2D eigenvalue weighted by molar-refractivity contribution is 7.98. The maximum Gasteiger partial charge on any atom is 0.263 e. The third kappa shape index (κ3) is 2.57. The first kappa shape index (κ1) is 14.6. The maximum atomic E-state index is 12.7. The number of hydrogen-bond acceptors (Lipinski definition) is 5. The van der Waals surface area contributed by atoms with Crippen LogP contribution in [0.15, 0.2) is 9.95 Å². The van der Waals surface area contributed by atoms with E-state index < -0.39 is 0 Å². The third-order valence-corrected chi connectivity index (χ3v) is 4.85. The molecule has 104 valence electrons. The number of thiophene rings is 1. The van der Waals surface area contributed by atoms with Gasteiger partial charge in [-0.1, -0.05) is 18.7 Å². The number of methoxy groups -OCH3 is 1. The zero-order valence-electron chi connectivity index (χ0n) is 11.6. The van der Waals surface area contributed by atoms with E-state index in [-0.39, 0.29) is 5.56 Å². The van der Waals surface area contributed by atoms with Gasteiger partial charge >= 0.3 is 0 Å². The monoisotopic (exact) mass is 298 g/mol. The lowest BCUT2D eigenvalue weighted by atomic mass is 10.1. The smallest absolute Gasteiger partial charge is 0.263 e. The normalized spacial score (nSPS) is 11.4. The molecule has 0 bridgehead atoms. The highest BCUT2D eigenvalue weighted by atomic mass is 32.2. The van der Waals surface area contributed by atoms with Gasteiger partial charge in [-0.3, -0.25) is 9.36 Å². The van der Waals surface area contributed by atoms with Crippen LogP contribution in [-0.4, -0.2) is 29.5 Å². The molecular formula is C13H18N2O2S2. The zero-order valence-corrected chi connectivity index (χ0v) is 13.3. The highest BCUT2D eigenvalue weighted by Gasteiger charge is 2.17. The van der Waals surface area contributed by atoms with E-state index in [0.29, 0.717) is 13.2 Å². The van der Waals surface area contributed by atoms with Crippen molar-refractivity contribution in [3.8, 4) is 0 Å². The molecule has 2 aromatic rings. The van der Waals surface area contributed by atoms with E-state index in [1.165, 1.54) is 16.6 Å². The largest absolute Gasteiger partial charge is 0.383 e. The minimum absolute atomic E-state index is 0.0626. The van der Waals surface area contributed by atoms with Crippen molar-refractivity contribution >= 4 is 33.3 Å². The molecule has 6 heteroatoms. The molecule has 0 atom stereocenters. The Morgan fingerprint density at radius 1 is 1.47 bits per heavy atom. The van der Waals surface area contributed by atoms with Crippen LogP contribution in [0.1, 0.15) is 17.4 Å². The van der Waals surface area contributed by atoms with Crippen molar-refractivity contribution in [2.24, 2.45) is 0 Å². The number of fused-ring (bicyclic) bond motifs is 1. The molecule has 0 unspecified atom stereocenters. The Morgan fingerprint density at radius 2 is 2.21 bits per heavy atom. The van der Waals surface area contributed by atoms with Crippen LogP contribution in [0.25, 0.3) is 10.2 Å². The van der Waals surface area contributed by atoms with E-state index in [1.807, 2.05) is 6.26 Å². The molecule has 0 aliphatic rings. The van der Waals surface area contributed by atoms with Crippen LogP contribution in [0.5, 0.6) is 0 Å². The Hall–Kier alpha value is -0.850. The summed E-state index contributed by atoms with van der Waals surface area (Å²) in [7, 11) is 1.64. The Balaban J connectivity index is 2.72. The Kier molecular flexibility index (Phi) is 4.65. The van der Waals surface area contributed by atoms with E-state index in [4.69, 9.17) is 4.74 Å². The molecule has 0 fully saturated rings. The van der Waals surface area contributed by atoms with Gasteiger partial charge in [0.25, 0.3) is 5.56 Å². The second kappa shape index (κ2) is 6.07. The maximum absolute atomic E-state index is 12.7. The number of nitrogens with zero attached hydrogens (tertiary/aromatic N) is 2. The fourth-order valence-electron chi connectivity index (χ4n) is 2.19. The fraction of sp³-hybridized carbons (Fsp3) is 0.538. The first-order valence-electron chi connectivity index (χ1n) is 6.19. The van der Waals surface area contributed by atoms with Gasteiger partial charge in [0.15, 0.2) is 5.16 Å². The summed E-state index contributed by atoms with van der Waals surface area (Å²) in [5.41, 5.74) is 1.20. The van der Waals surface area contributed by atoms with Crippen molar-refractivity contribution in [3.63, 3.8) is 0 Å². The number of aryl methyl sites for hydroxylation is 2. The average Bonchev–Trinajstić information content (AvgIpc) is 2.73. The Morgan fingerprint density at radius 3 is 2.79 bits per heavy atom. The van der Waals surface area contributed by atoms with E-state index in [1.54, 1.807) is 23.0 Å². The van der Waals surface area contributed by atoms with Crippen LogP contribution < -0.4 is 5.56 Å².